The van der Waals surface area contributed by atoms with E-state index in [0.29, 0.717) is 11.3 Å². The number of carbonyl (C=O) groups is 1. The van der Waals surface area contributed by atoms with Crippen molar-refractivity contribution in [2.75, 3.05) is 0 Å². The fraction of sp³-hybridized carbons (Fsp3) is 0.250. The molecule has 82 valence electrons. The summed E-state index contributed by atoms with van der Waals surface area (Å²) in [5, 5.41) is 0.917. The summed E-state index contributed by atoms with van der Waals surface area (Å²) in [6.07, 6.45) is 3.76. The smallest absolute Gasteiger partial charge is 0.180 e. The molecule has 2 aromatic heterocycles. The topological polar surface area (TPSA) is 42.9 Å². The molecule has 4 heteroatoms. The van der Waals surface area contributed by atoms with Gasteiger partial charge in [-0.1, -0.05) is 6.07 Å². The Balaban J connectivity index is 2.10. The Labute approximate surface area is 98.2 Å². The predicted molar refractivity (Wildman–Crippen MR) is 63.9 cm³/mol. The normalized spacial score (nSPS) is 10.4. The molecule has 0 aliphatic rings. The maximum absolute atomic E-state index is 11.8. The lowest BCUT2D eigenvalue weighted by Gasteiger charge is -1.98. The maximum atomic E-state index is 11.8. The molecule has 0 saturated carbocycles. The molecule has 3 nitrogen and oxygen atoms in total. The summed E-state index contributed by atoms with van der Waals surface area (Å²) >= 11 is 1.43. The van der Waals surface area contributed by atoms with Crippen molar-refractivity contribution >= 4 is 17.1 Å². The van der Waals surface area contributed by atoms with Crippen LogP contribution >= 0.6 is 11.3 Å². The third-order valence-electron chi connectivity index (χ3n) is 2.21. The van der Waals surface area contributed by atoms with Crippen molar-refractivity contribution in [2.24, 2.45) is 0 Å². The molecule has 0 unspecified atom stereocenters. The van der Waals surface area contributed by atoms with E-state index in [-0.39, 0.29) is 5.78 Å². The van der Waals surface area contributed by atoms with Crippen LogP contribution < -0.4 is 0 Å². The number of carbonyl (C=O) groups excluding carboxylic acids is 1. The number of ketones is 1. The molecule has 16 heavy (non-hydrogen) atoms. The number of aryl methyl sites for hydroxylation is 2. The van der Waals surface area contributed by atoms with Crippen LogP contribution in [-0.2, 0) is 6.42 Å². The molecule has 0 aliphatic heterocycles. The van der Waals surface area contributed by atoms with Gasteiger partial charge in [0.25, 0.3) is 0 Å². The van der Waals surface area contributed by atoms with Gasteiger partial charge in [0.1, 0.15) is 0 Å². The Morgan fingerprint density at radius 1 is 1.25 bits per heavy atom. The quantitative estimate of drug-likeness (QED) is 0.764. The Morgan fingerprint density at radius 3 is 2.62 bits per heavy atom. The fourth-order valence-corrected chi connectivity index (χ4v) is 2.06. The maximum Gasteiger partial charge on any atom is 0.180 e. The molecule has 2 aromatic rings. The molecule has 0 spiro atoms. The molecule has 0 aromatic carbocycles. The second kappa shape index (κ2) is 4.53. The predicted octanol–water partition coefficient (Wildman–Crippen LogP) is 2.58. The summed E-state index contributed by atoms with van der Waals surface area (Å²) in [6, 6.07) is 3.86. The van der Waals surface area contributed by atoms with Crippen molar-refractivity contribution < 1.29 is 4.79 Å². The number of Topliss-reactive ketones (excluding diaryl/α,β-unsaturated/α-hetero) is 1. The van der Waals surface area contributed by atoms with Crippen molar-refractivity contribution in [3.05, 3.63) is 45.7 Å². The van der Waals surface area contributed by atoms with Crippen LogP contribution in [0.5, 0.6) is 0 Å². The first-order chi connectivity index (χ1) is 7.65. The third-order valence-corrected chi connectivity index (χ3v) is 3.16. The highest BCUT2D eigenvalue weighted by Gasteiger charge is 2.10. The van der Waals surface area contributed by atoms with Crippen molar-refractivity contribution in [1.29, 1.82) is 0 Å². The molecule has 0 aliphatic carbocycles. The highest BCUT2D eigenvalue weighted by Crippen LogP contribution is 2.14. The van der Waals surface area contributed by atoms with Crippen LogP contribution in [0.25, 0.3) is 0 Å². The number of aromatic nitrogens is 2. The minimum Gasteiger partial charge on any atom is -0.293 e. The highest BCUT2D eigenvalue weighted by atomic mass is 32.1. The summed E-state index contributed by atoms with van der Waals surface area (Å²) in [7, 11) is 0. The van der Waals surface area contributed by atoms with Crippen molar-refractivity contribution in [3.8, 4) is 0 Å². The summed E-state index contributed by atoms with van der Waals surface area (Å²) in [6.45, 7) is 3.87. The van der Waals surface area contributed by atoms with E-state index in [1.165, 1.54) is 11.3 Å². The first kappa shape index (κ1) is 11.0. The van der Waals surface area contributed by atoms with Crippen LogP contribution in [0.2, 0.25) is 0 Å². The number of hydrogen-bond acceptors (Lipinski definition) is 4. The van der Waals surface area contributed by atoms with Gasteiger partial charge in [-0.3, -0.25) is 9.78 Å². The van der Waals surface area contributed by atoms with Gasteiger partial charge in [-0.05, 0) is 25.5 Å². The van der Waals surface area contributed by atoms with E-state index in [0.717, 1.165) is 16.3 Å². The molecule has 0 atom stereocenters. The fourth-order valence-electron chi connectivity index (χ4n) is 1.34. The molecule has 0 bridgehead atoms. The van der Waals surface area contributed by atoms with E-state index in [1.807, 2.05) is 26.0 Å². The van der Waals surface area contributed by atoms with E-state index in [9.17, 15) is 4.79 Å². The van der Waals surface area contributed by atoms with Gasteiger partial charge >= 0.3 is 0 Å². The summed E-state index contributed by atoms with van der Waals surface area (Å²) in [5.74, 6) is 0.0851. The van der Waals surface area contributed by atoms with E-state index in [1.54, 1.807) is 12.4 Å². The van der Waals surface area contributed by atoms with Gasteiger partial charge in [0.05, 0.1) is 16.3 Å². The van der Waals surface area contributed by atoms with Crippen LogP contribution in [0.3, 0.4) is 0 Å². The van der Waals surface area contributed by atoms with Crippen molar-refractivity contribution in [1.82, 2.24) is 9.97 Å². The van der Waals surface area contributed by atoms with Gasteiger partial charge in [0.2, 0.25) is 0 Å². The van der Waals surface area contributed by atoms with Gasteiger partial charge in [0, 0.05) is 18.1 Å². The Kier molecular flexibility index (Phi) is 3.10. The molecular weight excluding hydrogens is 220 g/mol. The molecule has 2 heterocycles. The largest absolute Gasteiger partial charge is 0.293 e. The Bertz CT molecular complexity index is 502. The minimum atomic E-state index is 0.0851. The monoisotopic (exact) mass is 232 g/mol. The molecular formula is C12H12N2OS. The van der Waals surface area contributed by atoms with E-state index in [2.05, 4.69) is 9.97 Å². The lowest BCUT2D eigenvalue weighted by Crippen LogP contribution is -2.02. The molecule has 0 amide bonds. The number of pyridine rings is 1. The molecule has 0 N–H and O–H groups in total. The first-order valence-electron chi connectivity index (χ1n) is 5.02. The zero-order valence-corrected chi connectivity index (χ0v) is 10.0. The van der Waals surface area contributed by atoms with E-state index in [4.69, 9.17) is 0 Å². The van der Waals surface area contributed by atoms with Gasteiger partial charge in [-0.15, -0.1) is 11.3 Å². The van der Waals surface area contributed by atoms with Crippen molar-refractivity contribution in [3.63, 3.8) is 0 Å². The van der Waals surface area contributed by atoms with Crippen LogP contribution in [0, 0.1) is 13.8 Å². The summed E-state index contributed by atoms with van der Waals surface area (Å²) in [4.78, 5) is 20.8. The standard InChI is InChI=1S/C12H12N2OS/c1-8-3-4-10(14-6-8)5-11(15)12-7-13-9(2)16-12/h3-4,6-7H,5H2,1-2H3. The lowest BCUT2D eigenvalue weighted by molar-refractivity contribution is 0.0995. The van der Waals surface area contributed by atoms with Gasteiger partial charge in [0.15, 0.2) is 5.78 Å². The second-order valence-electron chi connectivity index (χ2n) is 3.67. The number of thiazole rings is 1. The number of nitrogens with zero attached hydrogens (tertiary/aromatic N) is 2. The van der Waals surface area contributed by atoms with Crippen molar-refractivity contribution in [2.45, 2.75) is 20.3 Å². The average molecular weight is 232 g/mol. The highest BCUT2D eigenvalue weighted by molar-refractivity contribution is 7.13. The summed E-state index contributed by atoms with van der Waals surface area (Å²) < 4.78 is 0. The third kappa shape index (κ3) is 2.52. The minimum absolute atomic E-state index is 0.0851. The molecule has 2 rings (SSSR count). The van der Waals surface area contributed by atoms with Crippen LogP contribution in [-0.4, -0.2) is 15.8 Å². The zero-order valence-electron chi connectivity index (χ0n) is 9.23. The lowest BCUT2D eigenvalue weighted by atomic mass is 10.2. The zero-order chi connectivity index (χ0) is 11.5. The van der Waals surface area contributed by atoms with Crippen LogP contribution in [0.15, 0.2) is 24.5 Å². The van der Waals surface area contributed by atoms with E-state index >= 15 is 0 Å². The van der Waals surface area contributed by atoms with Crippen LogP contribution in [0.4, 0.5) is 0 Å². The van der Waals surface area contributed by atoms with Gasteiger partial charge < -0.3 is 0 Å². The second-order valence-corrected chi connectivity index (χ2v) is 4.91. The number of rotatable bonds is 3. The Hall–Kier alpha value is -1.55. The molecule has 0 radical (unpaired) electrons. The van der Waals surface area contributed by atoms with E-state index < -0.39 is 0 Å². The number of hydrogen-bond donors (Lipinski definition) is 0. The van der Waals surface area contributed by atoms with Crippen LogP contribution in [0.1, 0.15) is 25.9 Å². The van der Waals surface area contributed by atoms with Gasteiger partial charge in [-0.2, -0.15) is 0 Å². The SMILES string of the molecule is Cc1ccc(CC(=O)c2cnc(C)s2)nc1. The van der Waals surface area contributed by atoms with Gasteiger partial charge in [-0.25, -0.2) is 4.98 Å². The average Bonchev–Trinajstić information content (AvgIpc) is 2.68. The Morgan fingerprint density at radius 2 is 2.06 bits per heavy atom. The molecule has 0 saturated heterocycles. The molecule has 0 fully saturated rings. The first-order valence-corrected chi connectivity index (χ1v) is 5.84. The summed E-state index contributed by atoms with van der Waals surface area (Å²) in [5.41, 5.74) is 1.91.